The molecule has 0 aliphatic carbocycles. The lowest BCUT2D eigenvalue weighted by molar-refractivity contribution is -0.122. The van der Waals surface area contributed by atoms with Gasteiger partial charge in [0.05, 0.1) is 12.0 Å². The van der Waals surface area contributed by atoms with Crippen molar-refractivity contribution in [1.29, 1.82) is 0 Å². The highest BCUT2D eigenvalue weighted by molar-refractivity contribution is 6.09. The van der Waals surface area contributed by atoms with Crippen molar-refractivity contribution >= 4 is 17.5 Å². The van der Waals surface area contributed by atoms with E-state index in [9.17, 15) is 9.59 Å². The summed E-state index contributed by atoms with van der Waals surface area (Å²) in [5.41, 5.74) is 1.92. The topological polar surface area (TPSA) is 62.7 Å². The number of amides is 2. The molecule has 2 aliphatic heterocycles. The summed E-state index contributed by atoms with van der Waals surface area (Å²) in [4.78, 5) is 34.3. The number of fused-ring (bicyclic) bond motifs is 2. The molecule has 1 spiro atoms. The van der Waals surface area contributed by atoms with Gasteiger partial charge in [0.15, 0.2) is 0 Å². The molecule has 1 saturated heterocycles. The maximum Gasteiger partial charge on any atom is 0.254 e. The minimum absolute atomic E-state index is 0.0516. The third kappa shape index (κ3) is 3.51. The standard InChI is InChI=1S/C26H25N3O3/c30-24(20-11-14-27-15-12-20)28-17-13-26(19-28)22-9-4-5-10-23(22)29(25(26)31)16-6-18-32-21-7-2-1-3-8-21/h1-5,7-12,14-15H,6,13,16-19H2/t26-/m1/s1. The average molecular weight is 428 g/mol. The van der Waals surface area contributed by atoms with Crippen LogP contribution in [0.5, 0.6) is 5.75 Å². The fourth-order valence-corrected chi connectivity index (χ4v) is 4.80. The first-order valence-corrected chi connectivity index (χ1v) is 11.0. The van der Waals surface area contributed by atoms with Crippen molar-refractivity contribution in [2.75, 3.05) is 31.1 Å². The third-order valence-corrected chi connectivity index (χ3v) is 6.39. The molecule has 3 heterocycles. The number of hydrogen-bond donors (Lipinski definition) is 0. The summed E-state index contributed by atoms with van der Waals surface area (Å²) in [5.74, 6) is 0.867. The van der Waals surface area contributed by atoms with Crippen LogP contribution in [-0.4, -0.2) is 47.9 Å². The van der Waals surface area contributed by atoms with Crippen molar-refractivity contribution < 1.29 is 14.3 Å². The van der Waals surface area contributed by atoms with E-state index in [0.29, 0.717) is 38.2 Å². The molecule has 0 unspecified atom stereocenters. The van der Waals surface area contributed by atoms with E-state index in [1.807, 2.05) is 59.5 Å². The van der Waals surface area contributed by atoms with Gasteiger partial charge in [0.2, 0.25) is 5.91 Å². The van der Waals surface area contributed by atoms with Crippen molar-refractivity contribution in [3.63, 3.8) is 0 Å². The van der Waals surface area contributed by atoms with E-state index in [2.05, 4.69) is 4.98 Å². The number of para-hydroxylation sites is 2. The summed E-state index contributed by atoms with van der Waals surface area (Å²) in [6.45, 7) is 2.09. The van der Waals surface area contributed by atoms with Crippen molar-refractivity contribution in [2.24, 2.45) is 0 Å². The average Bonchev–Trinajstić information content (AvgIpc) is 3.39. The number of rotatable bonds is 6. The Labute approximate surface area is 187 Å². The molecule has 6 heteroatoms. The molecule has 0 bridgehead atoms. The molecule has 5 rings (SSSR count). The summed E-state index contributed by atoms with van der Waals surface area (Å²) >= 11 is 0. The van der Waals surface area contributed by atoms with Gasteiger partial charge in [0.1, 0.15) is 5.75 Å². The van der Waals surface area contributed by atoms with Crippen molar-refractivity contribution in [3.8, 4) is 5.75 Å². The SMILES string of the molecule is O=C(c1ccncc1)N1CC[C@]2(C1)C(=O)N(CCCOc1ccccc1)c1ccccc12. The molecule has 162 valence electrons. The van der Waals surface area contributed by atoms with E-state index in [0.717, 1.165) is 23.4 Å². The molecule has 1 fully saturated rings. The van der Waals surface area contributed by atoms with Crippen LogP contribution >= 0.6 is 0 Å². The Kier molecular flexibility index (Phi) is 5.35. The molecule has 6 nitrogen and oxygen atoms in total. The van der Waals surface area contributed by atoms with Crippen LogP contribution in [0.15, 0.2) is 79.1 Å². The molecule has 0 saturated carbocycles. The number of pyridine rings is 1. The van der Waals surface area contributed by atoms with Gasteiger partial charge in [-0.15, -0.1) is 0 Å². The number of ether oxygens (including phenoxy) is 1. The van der Waals surface area contributed by atoms with Gasteiger partial charge in [-0.05, 0) is 48.7 Å². The lowest BCUT2D eigenvalue weighted by atomic mass is 9.81. The highest BCUT2D eigenvalue weighted by Gasteiger charge is 2.54. The van der Waals surface area contributed by atoms with Gasteiger partial charge in [-0.3, -0.25) is 14.6 Å². The Morgan fingerprint density at radius 3 is 2.56 bits per heavy atom. The van der Waals surface area contributed by atoms with Crippen molar-refractivity contribution in [3.05, 3.63) is 90.3 Å². The van der Waals surface area contributed by atoms with Crippen LogP contribution in [0.25, 0.3) is 0 Å². The third-order valence-electron chi connectivity index (χ3n) is 6.39. The van der Waals surface area contributed by atoms with Crippen LogP contribution in [0, 0.1) is 0 Å². The maximum absolute atomic E-state index is 13.7. The molecule has 2 aliphatic rings. The van der Waals surface area contributed by atoms with Crippen LogP contribution < -0.4 is 9.64 Å². The largest absolute Gasteiger partial charge is 0.494 e. The monoisotopic (exact) mass is 427 g/mol. The summed E-state index contributed by atoms with van der Waals surface area (Å²) in [7, 11) is 0. The van der Waals surface area contributed by atoms with Gasteiger partial charge >= 0.3 is 0 Å². The molecule has 32 heavy (non-hydrogen) atoms. The van der Waals surface area contributed by atoms with Crippen LogP contribution in [0.1, 0.15) is 28.8 Å². The fourth-order valence-electron chi connectivity index (χ4n) is 4.80. The highest BCUT2D eigenvalue weighted by Crippen LogP contribution is 2.47. The lowest BCUT2D eigenvalue weighted by Crippen LogP contribution is -2.43. The van der Waals surface area contributed by atoms with E-state index in [-0.39, 0.29) is 11.8 Å². The Hall–Kier alpha value is -3.67. The van der Waals surface area contributed by atoms with Crippen LogP contribution in [0.3, 0.4) is 0 Å². The number of likely N-dealkylation sites (tertiary alicyclic amines) is 1. The number of hydrogen-bond acceptors (Lipinski definition) is 4. The first-order chi connectivity index (χ1) is 15.7. The van der Waals surface area contributed by atoms with Crippen LogP contribution in [-0.2, 0) is 10.2 Å². The Morgan fingerprint density at radius 2 is 1.75 bits per heavy atom. The molecule has 1 aromatic heterocycles. The molecular formula is C26H25N3O3. The molecule has 2 amide bonds. The minimum atomic E-state index is -0.667. The maximum atomic E-state index is 13.7. The van der Waals surface area contributed by atoms with Gasteiger partial charge in [-0.2, -0.15) is 0 Å². The molecule has 3 aromatic rings. The van der Waals surface area contributed by atoms with E-state index < -0.39 is 5.41 Å². The Bertz CT molecular complexity index is 1120. The number of anilines is 1. The molecule has 0 N–H and O–H groups in total. The second-order valence-corrected chi connectivity index (χ2v) is 8.28. The van der Waals surface area contributed by atoms with E-state index in [1.165, 1.54) is 0 Å². The number of nitrogens with zero attached hydrogens (tertiary/aromatic N) is 3. The zero-order valence-electron chi connectivity index (χ0n) is 17.8. The number of benzene rings is 2. The summed E-state index contributed by atoms with van der Waals surface area (Å²) in [6.07, 6.45) is 4.60. The van der Waals surface area contributed by atoms with Gasteiger partial charge in [0.25, 0.3) is 5.91 Å². The Balaban J connectivity index is 1.31. The lowest BCUT2D eigenvalue weighted by Gasteiger charge is -2.24. The Morgan fingerprint density at radius 1 is 1.00 bits per heavy atom. The van der Waals surface area contributed by atoms with E-state index in [4.69, 9.17) is 4.74 Å². The fraction of sp³-hybridized carbons (Fsp3) is 0.269. The smallest absolute Gasteiger partial charge is 0.254 e. The van der Waals surface area contributed by atoms with Gasteiger partial charge in [-0.1, -0.05) is 36.4 Å². The first kappa shape index (κ1) is 20.2. The summed E-state index contributed by atoms with van der Waals surface area (Å²) in [6, 6.07) is 21.1. The van der Waals surface area contributed by atoms with Gasteiger partial charge < -0.3 is 14.5 Å². The van der Waals surface area contributed by atoms with Crippen molar-refractivity contribution in [2.45, 2.75) is 18.3 Å². The van der Waals surface area contributed by atoms with E-state index >= 15 is 0 Å². The second kappa shape index (κ2) is 8.46. The summed E-state index contributed by atoms with van der Waals surface area (Å²) < 4.78 is 5.81. The zero-order valence-corrected chi connectivity index (χ0v) is 17.8. The van der Waals surface area contributed by atoms with Gasteiger partial charge in [-0.25, -0.2) is 0 Å². The minimum Gasteiger partial charge on any atom is -0.494 e. The second-order valence-electron chi connectivity index (χ2n) is 8.28. The summed E-state index contributed by atoms with van der Waals surface area (Å²) in [5, 5.41) is 0. The van der Waals surface area contributed by atoms with Gasteiger partial charge in [0, 0.05) is 43.3 Å². The van der Waals surface area contributed by atoms with Crippen molar-refractivity contribution in [1.82, 2.24) is 9.88 Å². The van der Waals surface area contributed by atoms with Crippen LogP contribution in [0.2, 0.25) is 0 Å². The molecular weight excluding hydrogens is 402 g/mol. The molecule has 1 atom stereocenters. The number of aromatic nitrogens is 1. The molecule has 0 radical (unpaired) electrons. The quantitative estimate of drug-likeness (QED) is 0.563. The molecule has 2 aromatic carbocycles. The zero-order chi connectivity index (χ0) is 22.0. The highest BCUT2D eigenvalue weighted by atomic mass is 16.5. The first-order valence-electron chi connectivity index (χ1n) is 11.0. The van der Waals surface area contributed by atoms with E-state index in [1.54, 1.807) is 29.4 Å². The normalized spacial score (nSPS) is 19.4. The number of carbonyl (C=O) groups excluding carboxylic acids is 2. The predicted molar refractivity (Wildman–Crippen MR) is 122 cm³/mol. The van der Waals surface area contributed by atoms with Crippen LogP contribution in [0.4, 0.5) is 5.69 Å². The predicted octanol–water partition coefficient (Wildman–Crippen LogP) is 3.68. The number of carbonyl (C=O) groups is 2.